The molecular weight excluding hydrogens is 144 g/mol. The summed E-state index contributed by atoms with van der Waals surface area (Å²) in [6, 6.07) is 0. The molecular formula is C12H22. The lowest BCUT2D eigenvalue weighted by Crippen LogP contribution is -2.23. The predicted molar refractivity (Wildman–Crippen MR) is 55.1 cm³/mol. The molecule has 12 heavy (non-hydrogen) atoms. The Morgan fingerprint density at radius 1 is 1.25 bits per heavy atom. The highest BCUT2D eigenvalue weighted by molar-refractivity contribution is 5.27. The maximum absolute atomic E-state index is 2.34. The Morgan fingerprint density at radius 2 is 1.83 bits per heavy atom. The van der Waals surface area contributed by atoms with Crippen LogP contribution in [-0.2, 0) is 0 Å². The number of allylic oxidation sites excluding steroid dienone is 2. The van der Waals surface area contributed by atoms with Gasteiger partial charge >= 0.3 is 0 Å². The fraction of sp³-hybridized carbons (Fsp3) is 0.833. The molecule has 70 valence electrons. The Kier molecular flexibility index (Phi) is 2.98. The highest BCUT2D eigenvalue weighted by Crippen LogP contribution is 2.42. The minimum Gasteiger partial charge on any atom is -0.0732 e. The van der Waals surface area contributed by atoms with Gasteiger partial charge in [0.15, 0.2) is 0 Å². The summed E-state index contributed by atoms with van der Waals surface area (Å²) < 4.78 is 0. The second kappa shape index (κ2) is 3.64. The van der Waals surface area contributed by atoms with Gasteiger partial charge in [0, 0.05) is 0 Å². The normalized spacial score (nSPS) is 23.8. The molecule has 0 heterocycles. The van der Waals surface area contributed by atoms with Gasteiger partial charge in [-0.1, -0.05) is 38.8 Å². The van der Waals surface area contributed by atoms with Crippen LogP contribution in [0.15, 0.2) is 11.1 Å². The average molecular weight is 166 g/mol. The molecule has 0 amide bonds. The van der Waals surface area contributed by atoms with Crippen molar-refractivity contribution in [1.82, 2.24) is 0 Å². The number of rotatable bonds is 3. The zero-order valence-electron chi connectivity index (χ0n) is 9.15. The van der Waals surface area contributed by atoms with E-state index in [0.29, 0.717) is 0 Å². The van der Waals surface area contributed by atoms with Crippen LogP contribution in [0.5, 0.6) is 0 Å². The van der Waals surface area contributed by atoms with Gasteiger partial charge in [-0.25, -0.2) is 0 Å². The Hall–Kier alpha value is -0.260. The van der Waals surface area contributed by atoms with Gasteiger partial charge in [-0.2, -0.15) is 0 Å². The van der Waals surface area contributed by atoms with Crippen molar-refractivity contribution in [3.8, 4) is 0 Å². The van der Waals surface area contributed by atoms with Gasteiger partial charge in [0.25, 0.3) is 0 Å². The zero-order chi connectivity index (χ0) is 9.30. The fourth-order valence-electron chi connectivity index (χ4n) is 2.17. The first kappa shape index (κ1) is 9.83. The number of hydrogen-bond donors (Lipinski definition) is 0. The Bertz CT molecular complexity index is 184. The minimum atomic E-state index is 0.830. The Labute approximate surface area is 77.1 Å². The van der Waals surface area contributed by atoms with Crippen LogP contribution in [0.2, 0.25) is 0 Å². The monoisotopic (exact) mass is 166 g/mol. The Balaban J connectivity index is 2.56. The highest BCUT2D eigenvalue weighted by Gasteiger charge is 2.28. The maximum Gasteiger partial charge on any atom is -0.0140 e. The first-order valence-electron chi connectivity index (χ1n) is 5.21. The highest BCUT2D eigenvalue weighted by atomic mass is 14.3. The second-order valence-electron chi connectivity index (χ2n) is 4.96. The van der Waals surface area contributed by atoms with E-state index in [-0.39, 0.29) is 0 Å². The third-order valence-corrected chi connectivity index (χ3v) is 2.95. The van der Waals surface area contributed by atoms with E-state index >= 15 is 0 Å². The van der Waals surface area contributed by atoms with E-state index in [2.05, 4.69) is 34.6 Å². The van der Waals surface area contributed by atoms with Crippen molar-refractivity contribution in [2.24, 2.45) is 17.8 Å². The summed E-state index contributed by atoms with van der Waals surface area (Å²) in [5.41, 5.74) is 3.43. The van der Waals surface area contributed by atoms with E-state index in [1.54, 1.807) is 11.1 Å². The van der Waals surface area contributed by atoms with Gasteiger partial charge in [-0.15, -0.1) is 0 Å². The molecule has 1 aliphatic rings. The van der Waals surface area contributed by atoms with Gasteiger partial charge in [-0.05, 0) is 37.5 Å². The average Bonchev–Trinajstić information content (AvgIpc) is 1.95. The summed E-state index contributed by atoms with van der Waals surface area (Å²) in [6.07, 6.45) is 2.69. The van der Waals surface area contributed by atoms with Crippen LogP contribution in [0.25, 0.3) is 0 Å². The van der Waals surface area contributed by atoms with Crippen molar-refractivity contribution in [2.75, 3.05) is 0 Å². The van der Waals surface area contributed by atoms with Crippen molar-refractivity contribution in [1.29, 1.82) is 0 Å². The standard InChI is InChI=1S/C12H22/c1-8(2)6-12-10(5)7-11(12)9(3)4/h8-9,11H,6-7H2,1-5H3. The molecule has 0 radical (unpaired) electrons. The van der Waals surface area contributed by atoms with Crippen LogP contribution in [0.3, 0.4) is 0 Å². The van der Waals surface area contributed by atoms with Crippen molar-refractivity contribution >= 4 is 0 Å². The van der Waals surface area contributed by atoms with Gasteiger partial charge in [0.05, 0.1) is 0 Å². The molecule has 0 spiro atoms. The lowest BCUT2D eigenvalue weighted by molar-refractivity contribution is 0.365. The van der Waals surface area contributed by atoms with E-state index in [1.165, 1.54) is 12.8 Å². The fourth-order valence-corrected chi connectivity index (χ4v) is 2.17. The first-order chi connectivity index (χ1) is 5.52. The van der Waals surface area contributed by atoms with E-state index in [0.717, 1.165) is 17.8 Å². The van der Waals surface area contributed by atoms with Crippen molar-refractivity contribution in [3.63, 3.8) is 0 Å². The largest absolute Gasteiger partial charge is 0.0732 e. The van der Waals surface area contributed by atoms with E-state index in [9.17, 15) is 0 Å². The van der Waals surface area contributed by atoms with Gasteiger partial charge in [0.2, 0.25) is 0 Å². The molecule has 0 bridgehead atoms. The van der Waals surface area contributed by atoms with Crippen LogP contribution in [0.4, 0.5) is 0 Å². The lowest BCUT2D eigenvalue weighted by atomic mass is 9.69. The molecule has 0 aromatic heterocycles. The van der Waals surface area contributed by atoms with Crippen molar-refractivity contribution < 1.29 is 0 Å². The molecule has 0 saturated heterocycles. The summed E-state index contributed by atoms with van der Waals surface area (Å²) in [6.45, 7) is 11.6. The van der Waals surface area contributed by atoms with E-state index in [4.69, 9.17) is 0 Å². The molecule has 0 heteroatoms. The van der Waals surface area contributed by atoms with Gasteiger partial charge < -0.3 is 0 Å². The molecule has 0 saturated carbocycles. The molecule has 0 aromatic carbocycles. The molecule has 1 atom stereocenters. The third-order valence-electron chi connectivity index (χ3n) is 2.95. The molecule has 0 aromatic rings. The molecule has 1 rings (SSSR count). The quantitative estimate of drug-likeness (QED) is 0.555. The minimum absolute atomic E-state index is 0.830. The lowest BCUT2D eigenvalue weighted by Gasteiger charge is -2.36. The summed E-state index contributed by atoms with van der Waals surface area (Å²) in [7, 11) is 0. The van der Waals surface area contributed by atoms with Crippen LogP contribution >= 0.6 is 0 Å². The van der Waals surface area contributed by atoms with E-state index in [1.807, 2.05) is 0 Å². The summed E-state index contributed by atoms with van der Waals surface area (Å²) >= 11 is 0. The molecule has 0 fully saturated rings. The van der Waals surface area contributed by atoms with Crippen LogP contribution in [0, 0.1) is 17.8 Å². The predicted octanol–water partition coefficient (Wildman–Crippen LogP) is 4.02. The van der Waals surface area contributed by atoms with Crippen molar-refractivity contribution in [2.45, 2.75) is 47.5 Å². The van der Waals surface area contributed by atoms with Crippen LogP contribution in [0.1, 0.15) is 47.5 Å². The smallest absolute Gasteiger partial charge is 0.0140 e. The number of hydrogen-bond acceptors (Lipinski definition) is 0. The Morgan fingerprint density at radius 3 is 2.17 bits per heavy atom. The summed E-state index contributed by atoms with van der Waals surface area (Å²) in [4.78, 5) is 0. The SMILES string of the molecule is CC1=C(CC(C)C)C(C(C)C)C1. The molecule has 1 unspecified atom stereocenters. The molecule has 1 aliphatic carbocycles. The summed E-state index contributed by atoms with van der Waals surface area (Å²) in [5, 5.41) is 0. The van der Waals surface area contributed by atoms with Gasteiger partial charge in [0.1, 0.15) is 0 Å². The zero-order valence-corrected chi connectivity index (χ0v) is 9.15. The second-order valence-corrected chi connectivity index (χ2v) is 4.96. The molecule has 0 aliphatic heterocycles. The van der Waals surface area contributed by atoms with Crippen molar-refractivity contribution in [3.05, 3.63) is 11.1 Å². The molecule has 0 nitrogen and oxygen atoms in total. The maximum atomic E-state index is 2.34. The third kappa shape index (κ3) is 1.91. The van der Waals surface area contributed by atoms with Crippen LogP contribution < -0.4 is 0 Å². The molecule has 0 N–H and O–H groups in total. The van der Waals surface area contributed by atoms with Gasteiger partial charge in [-0.3, -0.25) is 0 Å². The first-order valence-corrected chi connectivity index (χ1v) is 5.21. The van der Waals surface area contributed by atoms with E-state index < -0.39 is 0 Å². The summed E-state index contributed by atoms with van der Waals surface area (Å²) in [5.74, 6) is 2.59. The topological polar surface area (TPSA) is 0 Å². The van der Waals surface area contributed by atoms with Crippen LogP contribution in [-0.4, -0.2) is 0 Å².